The SMILES string of the molecule is C/C=C/C(C)=C1/N=C(C2=C3N=C(/C=c4\[nH]/c(=C\c5[nH]cc(CC)c5C)c(CC)c4C)C(CC)C3(C)C(C)=C2)C(CC)=C1C. The molecule has 0 bridgehead atoms. The molecule has 2 N–H and O–H groups in total. The number of fused-ring (bicyclic) bond motifs is 1. The maximum Gasteiger partial charge on any atom is 0.0763 e. The number of nitrogens with zero attached hydrogens (tertiary/aromatic N) is 2. The maximum atomic E-state index is 5.48. The normalized spacial score (nSPS) is 24.2. The maximum absolute atomic E-state index is 5.48. The molecular formula is C39H50N4. The van der Waals surface area contributed by atoms with Crippen LogP contribution in [0.1, 0.15) is 103 Å². The van der Waals surface area contributed by atoms with Crippen LogP contribution in [0.25, 0.3) is 12.2 Å². The number of allylic oxidation sites excluding steroid dienone is 8. The standard InChI is InChI=1S/C39H50N4/c1-12-17-22(6)36-26(10)29(15-4)37(43-36)30-18-23(7)39(11)31(16-5)35(42-38(30)39)20-33-25(9)28(14-3)34(41-33)19-32-24(8)27(13-2)21-40-32/h12,17-21,31,40-41H,13-16H2,1-11H3/b17-12+,33-20-,34-19-,36-22+. The van der Waals surface area contributed by atoms with Crippen molar-refractivity contribution in [1.82, 2.24) is 9.97 Å². The fourth-order valence-corrected chi connectivity index (χ4v) is 7.67. The average molecular weight is 575 g/mol. The molecule has 2 aromatic rings. The van der Waals surface area contributed by atoms with Gasteiger partial charge in [-0.05, 0) is 125 Å². The van der Waals surface area contributed by atoms with E-state index in [9.17, 15) is 0 Å². The zero-order valence-corrected chi connectivity index (χ0v) is 28.3. The van der Waals surface area contributed by atoms with Gasteiger partial charge in [-0.25, -0.2) is 4.99 Å². The Hall–Kier alpha value is -3.66. The molecule has 0 saturated heterocycles. The van der Waals surface area contributed by atoms with E-state index in [1.807, 2.05) is 0 Å². The number of rotatable bonds is 8. The molecule has 4 heteroatoms. The van der Waals surface area contributed by atoms with Crippen LogP contribution in [-0.2, 0) is 12.8 Å². The first-order chi connectivity index (χ1) is 20.5. The van der Waals surface area contributed by atoms with Gasteiger partial charge in [-0.3, -0.25) is 4.99 Å². The number of aromatic nitrogens is 2. The summed E-state index contributed by atoms with van der Waals surface area (Å²) in [4.78, 5) is 18.1. The molecule has 3 aliphatic rings. The zero-order chi connectivity index (χ0) is 31.2. The molecule has 4 heterocycles. The highest BCUT2D eigenvalue weighted by atomic mass is 14.9. The van der Waals surface area contributed by atoms with Crippen LogP contribution in [0.15, 0.2) is 73.7 Å². The van der Waals surface area contributed by atoms with Crippen molar-refractivity contribution in [3.63, 3.8) is 0 Å². The number of nitrogens with one attached hydrogen (secondary N) is 2. The van der Waals surface area contributed by atoms with Gasteiger partial charge < -0.3 is 9.97 Å². The lowest BCUT2D eigenvalue weighted by Crippen LogP contribution is -2.29. The molecule has 2 unspecified atom stereocenters. The molecule has 4 nitrogen and oxygen atoms in total. The van der Waals surface area contributed by atoms with E-state index < -0.39 is 0 Å². The predicted octanol–water partition coefficient (Wildman–Crippen LogP) is 8.43. The number of aryl methyl sites for hydroxylation is 1. The van der Waals surface area contributed by atoms with Gasteiger partial charge in [0.2, 0.25) is 0 Å². The van der Waals surface area contributed by atoms with Gasteiger partial charge in [0.15, 0.2) is 0 Å². The Morgan fingerprint density at radius 2 is 1.70 bits per heavy atom. The number of H-pyrrole nitrogens is 2. The zero-order valence-electron chi connectivity index (χ0n) is 28.3. The van der Waals surface area contributed by atoms with Crippen LogP contribution < -0.4 is 10.7 Å². The Kier molecular flexibility index (Phi) is 8.44. The van der Waals surface area contributed by atoms with E-state index in [-0.39, 0.29) is 5.41 Å². The van der Waals surface area contributed by atoms with Gasteiger partial charge in [0, 0.05) is 45.2 Å². The van der Waals surface area contributed by atoms with Crippen molar-refractivity contribution < 1.29 is 0 Å². The summed E-state index contributed by atoms with van der Waals surface area (Å²) in [6.07, 6.45) is 17.4. The van der Waals surface area contributed by atoms with Crippen molar-refractivity contribution in [3.05, 3.63) is 102 Å². The van der Waals surface area contributed by atoms with Crippen molar-refractivity contribution in [3.8, 4) is 0 Å². The van der Waals surface area contributed by atoms with E-state index in [0.717, 1.165) is 37.1 Å². The Morgan fingerprint density at radius 3 is 2.30 bits per heavy atom. The first-order valence-corrected chi connectivity index (χ1v) is 16.3. The minimum atomic E-state index is -0.128. The van der Waals surface area contributed by atoms with Crippen LogP contribution >= 0.6 is 0 Å². The topological polar surface area (TPSA) is 56.3 Å². The van der Waals surface area contributed by atoms with E-state index in [2.05, 4.69) is 123 Å². The van der Waals surface area contributed by atoms with Crippen LogP contribution in [0.3, 0.4) is 0 Å². The first-order valence-electron chi connectivity index (χ1n) is 16.3. The van der Waals surface area contributed by atoms with Crippen molar-refractivity contribution in [2.45, 2.75) is 102 Å². The second-order valence-corrected chi connectivity index (χ2v) is 12.6. The van der Waals surface area contributed by atoms with Gasteiger partial charge in [0.25, 0.3) is 0 Å². The molecule has 5 rings (SSSR count). The Morgan fingerprint density at radius 1 is 0.953 bits per heavy atom. The second-order valence-electron chi connectivity index (χ2n) is 12.6. The first kappa shape index (κ1) is 30.8. The lowest BCUT2D eigenvalue weighted by atomic mass is 9.70. The highest BCUT2D eigenvalue weighted by molar-refractivity contribution is 6.21. The van der Waals surface area contributed by atoms with Crippen molar-refractivity contribution in [2.24, 2.45) is 21.3 Å². The fourth-order valence-electron chi connectivity index (χ4n) is 7.67. The van der Waals surface area contributed by atoms with Gasteiger partial charge >= 0.3 is 0 Å². The van der Waals surface area contributed by atoms with Crippen molar-refractivity contribution >= 4 is 23.6 Å². The van der Waals surface area contributed by atoms with Crippen LogP contribution in [-0.4, -0.2) is 21.4 Å². The quantitative estimate of drug-likeness (QED) is 0.318. The average Bonchev–Trinajstić information content (AvgIpc) is 3.73. The fraction of sp³-hybridized carbons (Fsp3) is 0.436. The van der Waals surface area contributed by atoms with Gasteiger partial charge in [0.05, 0.1) is 17.1 Å². The molecule has 0 fully saturated rings. The van der Waals surface area contributed by atoms with Crippen molar-refractivity contribution in [2.75, 3.05) is 0 Å². The minimum absolute atomic E-state index is 0.128. The highest BCUT2D eigenvalue weighted by Crippen LogP contribution is 2.56. The van der Waals surface area contributed by atoms with Gasteiger partial charge in [0.1, 0.15) is 0 Å². The number of aliphatic imine (C=N–C) groups is 2. The minimum Gasteiger partial charge on any atom is -0.361 e. The van der Waals surface area contributed by atoms with Crippen molar-refractivity contribution in [1.29, 1.82) is 0 Å². The third-order valence-corrected chi connectivity index (χ3v) is 10.4. The summed E-state index contributed by atoms with van der Waals surface area (Å²) in [6.45, 7) is 24.6. The number of aromatic amines is 2. The summed E-state index contributed by atoms with van der Waals surface area (Å²) < 4.78 is 0. The Labute approximate surface area is 258 Å². The summed E-state index contributed by atoms with van der Waals surface area (Å²) >= 11 is 0. The molecule has 1 aliphatic carbocycles. The van der Waals surface area contributed by atoms with Crippen LogP contribution in [0, 0.1) is 25.2 Å². The summed E-state index contributed by atoms with van der Waals surface area (Å²) in [7, 11) is 0. The summed E-state index contributed by atoms with van der Waals surface area (Å²) in [5.41, 5.74) is 17.5. The Balaban J connectivity index is 1.69. The molecule has 43 heavy (non-hydrogen) atoms. The summed E-state index contributed by atoms with van der Waals surface area (Å²) in [5, 5.41) is 2.36. The van der Waals surface area contributed by atoms with E-state index in [1.165, 1.54) is 77.9 Å². The van der Waals surface area contributed by atoms with E-state index in [0.29, 0.717) is 5.92 Å². The summed E-state index contributed by atoms with van der Waals surface area (Å²) in [6, 6.07) is 0. The van der Waals surface area contributed by atoms with E-state index in [4.69, 9.17) is 9.98 Å². The molecule has 2 aromatic heterocycles. The number of hydrogen-bond donors (Lipinski definition) is 2. The molecule has 2 aliphatic heterocycles. The lowest BCUT2D eigenvalue weighted by molar-refractivity contribution is 0.385. The van der Waals surface area contributed by atoms with Gasteiger partial charge in [-0.15, -0.1) is 0 Å². The molecule has 0 saturated carbocycles. The van der Waals surface area contributed by atoms with E-state index >= 15 is 0 Å². The number of hydrogen-bond acceptors (Lipinski definition) is 2. The van der Waals surface area contributed by atoms with Crippen LogP contribution in [0.5, 0.6) is 0 Å². The second kappa shape index (κ2) is 11.8. The summed E-state index contributed by atoms with van der Waals surface area (Å²) in [5.74, 6) is 0.311. The Bertz CT molecular complexity index is 1820. The third kappa shape index (κ3) is 4.83. The van der Waals surface area contributed by atoms with Gasteiger partial charge in [-0.2, -0.15) is 0 Å². The molecule has 226 valence electrons. The highest BCUT2D eigenvalue weighted by Gasteiger charge is 2.50. The predicted molar refractivity (Wildman–Crippen MR) is 185 cm³/mol. The molecular weight excluding hydrogens is 524 g/mol. The van der Waals surface area contributed by atoms with Crippen LogP contribution in [0.4, 0.5) is 0 Å². The molecule has 0 amide bonds. The third-order valence-electron chi connectivity index (χ3n) is 10.4. The van der Waals surface area contributed by atoms with E-state index in [1.54, 1.807) is 0 Å². The largest absolute Gasteiger partial charge is 0.361 e. The smallest absolute Gasteiger partial charge is 0.0763 e. The molecule has 0 radical (unpaired) electrons. The van der Waals surface area contributed by atoms with Gasteiger partial charge in [-0.1, -0.05) is 51.5 Å². The lowest BCUT2D eigenvalue weighted by Gasteiger charge is -2.30. The molecule has 0 aromatic carbocycles. The monoisotopic (exact) mass is 574 g/mol. The molecule has 0 spiro atoms. The van der Waals surface area contributed by atoms with Crippen LogP contribution in [0.2, 0.25) is 0 Å². The molecule has 2 atom stereocenters.